The van der Waals surface area contributed by atoms with Gasteiger partial charge >= 0.3 is 0 Å². The van der Waals surface area contributed by atoms with E-state index in [9.17, 15) is 4.39 Å². The van der Waals surface area contributed by atoms with Crippen molar-refractivity contribution in [2.75, 3.05) is 13.2 Å². The van der Waals surface area contributed by atoms with Crippen molar-refractivity contribution in [3.63, 3.8) is 0 Å². The highest BCUT2D eigenvalue weighted by molar-refractivity contribution is 5.65. The molecule has 0 aromatic heterocycles. The second-order valence-electron chi connectivity index (χ2n) is 9.70. The van der Waals surface area contributed by atoms with E-state index in [1.807, 2.05) is 30.3 Å². The molecule has 0 heterocycles. The summed E-state index contributed by atoms with van der Waals surface area (Å²) in [6, 6.07) is 13.2. The predicted octanol–water partition coefficient (Wildman–Crippen LogP) is 10.00. The zero-order valence-corrected chi connectivity index (χ0v) is 21.9. The summed E-state index contributed by atoms with van der Waals surface area (Å²) in [6.07, 6.45) is 16.1. The fourth-order valence-corrected chi connectivity index (χ4v) is 4.12. The summed E-state index contributed by atoms with van der Waals surface area (Å²) in [4.78, 5) is 0. The van der Waals surface area contributed by atoms with E-state index in [1.165, 1.54) is 64.2 Å². The summed E-state index contributed by atoms with van der Waals surface area (Å²) in [5, 5.41) is 0. The first kappa shape index (κ1) is 28.2. The number of hydrogen-bond acceptors (Lipinski definition) is 2. The zero-order chi connectivity index (χ0) is 24.4. The minimum absolute atomic E-state index is 0.296. The summed E-state index contributed by atoms with van der Waals surface area (Å²) in [7, 11) is 0. The van der Waals surface area contributed by atoms with Crippen LogP contribution in [0.5, 0.6) is 11.5 Å². The topological polar surface area (TPSA) is 18.5 Å². The smallest absolute Gasteiger partial charge is 0.165 e. The van der Waals surface area contributed by atoms with E-state index in [4.69, 9.17) is 9.47 Å². The molecule has 2 aromatic rings. The third-order valence-electron chi connectivity index (χ3n) is 6.68. The summed E-state index contributed by atoms with van der Waals surface area (Å²) in [6.45, 7) is 8.15. The molecule has 0 saturated carbocycles. The molecule has 0 bridgehead atoms. The fraction of sp³-hybridized carbons (Fsp3) is 0.613. The maximum Gasteiger partial charge on any atom is 0.165 e. The lowest BCUT2D eigenvalue weighted by Crippen LogP contribution is -1.99. The van der Waals surface area contributed by atoms with Gasteiger partial charge in [0.2, 0.25) is 0 Å². The third-order valence-corrected chi connectivity index (χ3v) is 6.68. The SMILES string of the molecule is CCCCCCCCCCOc1ccc(-c2ccc(OCCCCCC(C)CC)cc2)cc1F. The average Bonchev–Trinajstić information content (AvgIpc) is 2.86. The molecule has 0 radical (unpaired) electrons. The lowest BCUT2D eigenvalue weighted by molar-refractivity contribution is 0.290. The van der Waals surface area contributed by atoms with E-state index >= 15 is 0 Å². The van der Waals surface area contributed by atoms with Crippen LogP contribution in [0.3, 0.4) is 0 Å². The van der Waals surface area contributed by atoms with Gasteiger partial charge in [-0.25, -0.2) is 4.39 Å². The molecule has 2 aromatic carbocycles. The molecule has 0 aliphatic heterocycles. The largest absolute Gasteiger partial charge is 0.494 e. The minimum atomic E-state index is -0.296. The van der Waals surface area contributed by atoms with E-state index in [-0.39, 0.29) is 5.82 Å². The third kappa shape index (κ3) is 11.4. The van der Waals surface area contributed by atoms with Gasteiger partial charge in [0, 0.05) is 0 Å². The Bertz CT molecular complexity index is 772. The van der Waals surface area contributed by atoms with Crippen molar-refractivity contribution < 1.29 is 13.9 Å². The van der Waals surface area contributed by atoms with E-state index < -0.39 is 0 Å². The van der Waals surface area contributed by atoms with E-state index in [2.05, 4.69) is 20.8 Å². The van der Waals surface area contributed by atoms with Crippen LogP contribution in [0.1, 0.15) is 104 Å². The Morgan fingerprint density at radius 1 is 0.676 bits per heavy atom. The summed E-state index contributed by atoms with van der Waals surface area (Å²) in [5.41, 5.74) is 1.84. The molecule has 0 amide bonds. The number of rotatable bonds is 19. The molecule has 190 valence electrons. The first-order valence-electron chi connectivity index (χ1n) is 13.8. The number of hydrogen-bond donors (Lipinski definition) is 0. The number of benzene rings is 2. The Kier molecular flexibility index (Phi) is 14.4. The van der Waals surface area contributed by atoms with Crippen LogP contribution in [0.25, 0.3) is 11.1 Å². The number of halogens is 1. The van der Waals surface area contributed by atoms with Gasteiger partial charge < -0.3 is 9.47 Å². The van der Waals surface area contributed by atoms with Crippen molar-refractivity contribution in [2.45, 2.75) is 104 Å². The molecule has 0 saturated heterocycles. The molecule has 0 aliphatic carbocycles. The highest BCUT2D eigenvalue weighted by atomic mass is 19.1. The second kappa shape index (κ2) is 17.4. The Morgan fingerprint density at radius 2 is 1.26 bits per heavy atom. The van der Waals surface area contributed by atoms with Crippen LogP contribution in [-0.2, 0) is 0 Å². The molecular weight excluding hydrogens is 423 g/mol. The molecular formula is C31H47FO2. The van der Waals surface area contributed by atoms with Gasteiger partial charge in [-0.15, -0.1) is 0 Å². The highest BCUT2D eigenvalue weighted by Gasteiger charge is 2.07. The van der Waals surface area contributed by atoms with Gasteiger partial charge in [-0.05, 0) is 54.2 Å². The first-order valence-corrected chi connectivity index (χ1v) is 13.8. The van der Waals surface area contributed by atoms with Crippen LogP contribution >= 0.6 is 0 Å². The van der Waals surface area contributed by atoms with Gasteiger partial charge in [0.25, 0.3) is 0 Å². The quantitative estimate of drug-likeness (QED) is 0.190. The summed E-state index contributed by atoms with van der Waals surface area (Å²) in [5.74, 6) is 1.75. The minimum Gasteiger partial charge on any atom is -0.494 e. The molecule has 34 heavy (non-hydrogen) atoms. The van der Waals surface area contributed by atoms with E-state index in [1.54, 1.807) is 12.1 Å². The van der Waals surface area contributed by atoms with Crippen molar-refractivity contribution in [3.8, 4) is 22.6 Å². The van der Waals surface area contributed by atoms with E-state index in [0.717, 1.165) is 48.7 Å². The lowest BCUT2D eigenvalue weighted by Gasteiger charge is -2.10. The van der Waals surface area contributed by atoms with Crippen molar-refractivity contribution in [1.29, 1.82) is 0 Å². The van der Waals surface area contributed by atoms with Crippen LogP contribution in [0.15, 0.2) is 42.5 Å². The molecule has 3 heteroatoms. The molecule has 0 spiro atoms. The molecule has 1 unspecified atom stereocenters. The molecule has 1 atom stereocenters. The van der Waals surface area contributed by atoms with Crippen molar-refractivity contribution in [3.05, 3.63) is 48.3 Å². The van der Waals surface area contributed by atoms with Gasteiger partial charge in [0.15, 0.2) is 11.6 Å². The monoisotopic (exact) mass is 470 g/mol. The Labute approximate surface area is 208 Å². The molecule has 0 N–H and O–H groups in total. The van der Waals surface area contributed by atoms with Crippen LogP contribution in [0.2, 0.25) is 0 Å². The van der Waals surface area contributed by atoms with Crippen LogP contribution in [0.4, 0.5) is 4.39 Å². The summed E-state index contributed by atoms with van der Waals surface area (Å²) < 4.78 is 26.1. The number of ether oxygens (including phenoxy) is 2. The Hall–Kier alpha value is -2.03. The molecule has 2 rings (SSSR count). The van der Waals surface area contributed by atoms with Gasteiger partial charge in [0.1, 0.15) is 5.75 Å². The average molecular weight is 471 g/mol. The van der Waals surface area contributed by atoms with Gasteiger partial charge in [-0.3, -0.25) is 0 Å². The van der Waals surface area contributed by atoms with Crippen molar-refractivity contribution in [1.82, 2.24) is 0 Å². The van der Waals surface area contributed by atoms with Crippen LogP contribution in [-0.4, -0.2) is 13.2 Å². The molecule has 0 aliphatic rings. The summed E-state index contributed by atoms with van der Waals surface area (Å²) >= 11 is 0. The zero-order valence-electron chi connectivity index (χ0n) is 21.9. The highest BCUT2D eigenvalue weighted by Crippen LogP contribution is 2.27. The molecule has 2 nitrogen and oxygen atoms in total. The van der Waals surface area contributed by atoms with Crippen LogP contribution in [0, 0.1) is 11.7 Å². The van der Waals surface area contributed by atoms with Crippen LogP contribution < -0.4 is 9.47 Å². The first-order chi connectivity index (χ1) is 16.6. The maximum atomic E-state index is 14.6. The van der Waals surface area contributed by atoms with Gasteiger partial charge in [-0.2, -0.15) is 0 Å². The van der Waals surface area contributed by atoms with Gasteiger partial charge in [-0.1, -0.05) is 110 Å². The fourth-order valence-electron chi connectivity index (χ4n) is 4.12. The van der Waals surface area contributed by atoms with Gasteiger partial charge in [0.05, 0.1) is 13.2 Å². The number of unbranched alkanes of at least 4 members (excludes halogenated alkanes) is 9. The second-order valence-corrected chi connectivity index (χ2v) is 9.70. The maximum absolute atomic E-state index is 14.6. The Balaban J connectivity index is 1.67. The van der Waals surface area contributed by atoms with Crippen molar-refractivity contribution >= 4 is 0 Å². The lowest BCUT2D eigenvalue weighted by atomic mass is 10.0. The van der Waals surface area contributed by atoms with E-state index in [0.29, 0.717) is 12.4 Å². The molecule has 0 fully saturated rings. The standard InChI is InChI=1S/C31H47FO2/c1-4-6-7-8-9-10-11-14-24-34-31-22-19-28(25-30(31)32)27-17-20-29(21-18-27)33-23-15-12-13-16-26(3)5-2/h17-22,25-26H,4-16,23-24H2,1-3H3. The Morgan fingerprint density at radius 3 is 1.91 bits per heavy atom. The predicted molar refractivity (Wildman–Crippen MR) is 143 cm³/mol. The van der Waals surface area contributed by atoms with Crippen molar-refractivity contribution in [2.24, 2.45) is 5.92 Å². The normalized spacial score (nSPS) is 12.0.